The number of fused-ring (bicyclic) bond motifs is 1. The molecule has 0 aliphatic rings. The quantitative estimate of drug-likeness (QED) is 0.371. The monoisotopic (exact) mass is 449 g/mol. The van der Waals surface area contributed by atoms with Crippen molar-refractivity contribution in [3.05, 3.63) is 59.9 Å². The van der Waals surface area contributed by atoms with Crippen LogP contribution in [0, 0.1) is 5.92 Å². The Hall–Kier alpha value is -2.82. The van der Waals surface area contributed by atoms with Gasteiger partial charge in [0.2, 0.25) is 5.91 Å². The molecular weight excluding hydrogens is 410 g/mol. The first kappa shape index (κ1) is 24.8. The number of amides is 1. The van der Waals surface area contributed by atoms with Crippen molar-refractivity contribution in [1.29, 1.82) is 0 Å². The second kappa shape index (κ2) is 11.4. The van der Waals surface area contributed by atoms with Gasteiger partial charge in [-0.1, -0.05) is 58.9 Å². The van der Waals surface area contributed by atoms with Crippen LogP contribution in [0.5, 0.6) is 5.75 Å². The fourth-order valence-corrected chi connectivity index (χ4v) is 4.13. The molecule has 5 nitrogen and oxygen atoms in total. The highest BCUT2D eigenvalue weighted by Crippen LogP contribution is 2.24. The molecule has 0 saturated heterocycles. The van der Waals surface area contributed by atoms with Crippen molar-refractivity contribution in [2.24, 2.45) is 5.92 Å². The summed E-state index contributed by atoms with van der Waals surface area (Å²) < 4.78 is 8.30. The number of aryl methyl sites for hydroxylation is 1. The highest BCUT2D eigenvalue weighted by Gasteiger charge is 2.15. The van der Waals surface area contributed by atoms with Gasteiger partial charge in [0.15, 0.2) is 0 Å². The maximum atomic E-state index is 12.2. The van der Waals surface area contributed by atoms with Crippen LogP contribution in [-0.2, 0) is 23.2 Å². The number of nitrogens with zero attached hydrogens (tertiary/aromatic N) is 2. The molecule has 0 radical (unpaired) electrons. The molecule has 0 spiro atoms. The Balaban J connectivity index is 1.60. The van der Waals surface area contributed by atoms with Crippen molar-refractivity contribution in [1.82, 2.24) is 14.9 Å². The molecule has 3 rings (SSSR count). The Morgan fingerprint density at radius 1 is 1.06 bits per heavy atom. The van der Waals surface area contributed by atoms with Crippen molar-refractivity contribution in [2.75, 3.05) is 13.2 Å². The number of benzene rings is 2. The number of carbonyl (C=O) groups is 1. The van der Waals surface area contributed by atoms with E-state index in [-0.39, 0.29) is 17.2 Å². The minimum absolute atomic E-state index is 0.115. The summed E-state index contributed by atoms with van der Waals surface area (Å²) >= 11 is 0. The van der Waals surface area contributed by atoms with Gasteiger partial charge < -0.3 is 14.6 Å². The number of hydrogen-bond donors (Lipinski definition) is 1. The van der Waals surface area contributed by atoms with Gasteiger partial charge in [-0.3, -0.25) is 4.79 Å². The topological polar surface area (TPSA) is 56.2 Å². The minimum atomic E-state index is 0.115. The summed E-state index contributed by atoms with van der Waals surface area (Å²) in [6.45, 7) is 12.8. The van der Waals surface area contributed by atoms with Crippen LogP contribution in [0.4, 0.5) is 0 Å². The number of rotatable bonds is 11. The lowest BCUT2D eigenvalue weighted by Gasteiger charge is -2.19. The molecule has 3 aromatic rings. The van der Waals surface area contributed by atoms with E-state index in [1.165, 1.54) is 5.56 Å². The molecule has 0 bridgehead atoms. The Morgan fingerprint density at radius 3 is 2.42 bits per heavy atom. The lowest BCUT2D eigenvalue weighted by molar-refractivity contribution is -0.125. The van der Waals surface area contributed by atoms with E-state index in [1.807, 2.05) is 12.1 Å². The molecule has 33 heavy (non-hydrogen) atoms. The summed E-state index contributed by atoms with van der Waals surface area (Å²) in [4.78, 5) is 17.1. The third-order valence-electron chi connectivity index (χ3n) is 6.27. The summed E-state index contributed by atoms with van der Waals surface area (Å²) in [5.41, 5.74) is 3.56. The Kier molecular flexibility index (Phi) is 8.54. The zero-order valence-electron chi connectivity index (χ0n) is 20.9. The molecular formula is C28H39N3O2. The second-order valence-electron chi connectivity index (χ2n) is 9.70. The first-order valence-electron chi connectivity index (χ1n) is 12.3. The Morgan fingerprint density at radius 2 is 1.76 bits per heavy atom. The predicted octanol–water partition coefficient (Wildman–Crippen LogP) is 5.90. The zero-order chi connectivity index (χ0) is 23.8. The van der Waals surface area contributed by atoms with E-state index in [4.69, 9.17) is 9.72 Å². The molecule has 0 aliphatic heterocycles. The van der Waals surface area contributed by atoms with Crippen molar-refractivity contribution in [3.63, 3.8) is 0 Å². The molecule has 1 aromatic heterocycles. The van der Waals surface area contributed by atoms with Crippen LogP contribution >= 0.6 is 0 Å². The van der Waals surface area contributed by atoms with Crippen LogP contribution in [0.2, 0.25) is 0 Å². The van der Waals surface area contributed by atoms with Crippen LogP contribution in [0.15, 0.2) is 48.5 Å². The molecule has 1 amide bonds. The third-order valence-corrected chi connectivity index (χ3v) is 6.27. The van der Waals surface area contributed by atoms with E-state index in [1.54, 1.807) is 0 Å². The van der Waals surface area contributed by atoms with Gasteiger partial charge in [-0.05, 0) is 54.5 Å². The van der Waals surface area contributed by atoms with Crippen LogP contribution in [0.25, 0.3) is 11.0 Å². The fourth-order valence-electron chi connectivity index (χ4n) is 4.13. The summed E-state index contributed by atoms with van der Waals surface area (Å²) in [6.07, 6.45) is 3.45. The third kappa shape index (κ3) is 6.59. The van der Waals surface area contributed by atoms with Crippen LogP contribution < -0.4 is 10.1 Å². The highest BCUT2D eigenvalue weighted by atomic mass is 16.5. The molecule has 0 fully saturated rings. The molecule has 5 heteroatoms. The van der Waals surface area contributed by atoms with E-state index < -0.39 is 0 Å². The molecule has 2 aromatic carbocycles. The minimum Gasteiger partial charge on any atom is -0.492 e. The first-order valence-corrected chi connectivity index (χ1v) is 12.3. The largest absolute Gasteiger partial charge is 0.492 e. The number of hydrogen-bond acceptors (Lipinski definition) is 3. The number of ether oxygens (including phenoxy) is 1. The van der Waals surface area contributed by atoms with Gasteiger partial charge in [0, 0.05) is 18.9 Å². The summed E-state index contributed by atoms with van der Waals surface area (Å²) in [6, 6.07) is 16.6. The first-order chi connectivity index (χ1) is 15.8. The van der Waals surface area contributed by atoms with Gasteiger partial charge in [-0.25, -0.2) is 4.98 Å². The van der Waals surface area contributed by atoms with Gasteiger partial charge >= 0.3 is 0 Å². The number of imidazole rings is 1. The lowest BCUT2D eigenvalue weighted by atomic mass is 9.87. The summed E-state index contributed by atoms with van der Waals surface area (Å²) in [5.74, 6) is 2.21. The average Bonchev–Trinajstić information content (AvgIpc) is 3.15. The van der Waals surface area contributed by atoms with Gasteiger partial charge in [0.05, 0.1) is 17.6 Å². The van der Waals surface area contributed by atoms with E-state index in [2.05, 4.69) is 80.9 Å². The number of para-hydroxylation sites is 2. The molecule has 1 N–H and O–H groups in total. The Bertz CT molecular complexity index is 1030. The molecule has 178 valence electrons. The molecule has 0 unspecified atom stereocenters. The van der Waals surface area contributed by atoms with Crippen molar-refractivity contribution >= 4 is 16.9 Å². The highest BCUT2D eigenvalue weighted by molar-refractivity contribution is 5.78. The van der Waals surface area contributed by atoms with E-state index in [0.29, 0.717) is 13.2 Å². The standard InChI is InChI=1S/C28H39N3O2/c1-6-21(7-2)27(32)29-18-10-13-26-30-24-11-8-9-12-25(24)31(26)19-20-33-23-16-14-22(15-17-23)28(3,4)5/h8-9,11-12,14-17,21H,6-7,10,13,18-20H2,1-5H3,(H,29,32). The summed E-state index contributed by atoms with van der Waals surface area (Å²) in [5, 5.41) is 3.09. The van der Waals surface area contributed by atoms with Gasteiger partial charge in [-0.15, -0.1) is 0 Å². The van der Waals surface area contributed by atoms with Gasteiger partial charge in [0.1, 0.15) is 18.2 Å². The van der Waals surface area contributed by atoms with Crippen LogP contribution in [-0.4, -0.2) is 28.6 Å². The molecule has 0 atom stereocenters. The van der Waals surface area contributed by atoms with Gasteiger partial charge in [-0.2, -0.15) is 0 Å². The van der Waals surface area contributed by atoms with E-state index in [9.17, 15) is 4.79 Å². The van der Waals surface area contributed by atoms with Crippen molar-refractivity contribution < 1.29 is 9.53 Å². The van der Waals surface area contributed by atoms with E-state index in [0.717, 1.165) is 54.8 Å². The SMILES string of the molecule is CCC(CC)C(=O)NCCCc1nc2ccccc2n1CCOc1ccc(C(C)(C)C)cc1. The zero-order valence-corrected chi connectivity index (χ0v) is 20.9. The number of carbonyl (C=O) groups excluding carboxylic acids is 1. The summed E-state index contributed by atoms with van der Waals surface area (Å²) in [7, 11) is 0. The smallest absolute Gasteiger partial charge is 0.223 e. The lowest BCUT2D eigenvalue weighted by Crippen LogP contribution is -2.31. The van der Waals surface area contributed by atoms with Crippen molar-refractivity contribution in [3.8, 4) is 5.75 Å². The predicted molar refractivity (Wildman–Crippen MR) is 136 cm³/mol. The van der Waals surface area contributed by atoms with E-state index >= 15 is 0 Å². The van der Waals surface area contributed by atoms with Crippen LogP contribution in [0.3, 0.4) is 0 Å². The Labute approximate surface area is 198 Å². The molecule has 0 saturated carbocycles. The second-order valence-corrected chi connectivity index (χ2v) is 9.70. The van der Waals surface area contributed by atoms with Gasteiger partial charge in [0.25, 0.3) is 0 Å². The average molecular weight is 450 g/mol. The maximum Gasteiger partial charge on any atom is 0.223 e. The fraction of sp³-hybridized carbons (Fsp3) is 0.500. The number of aromatic nitrogens is 2. The van der Waals surface area contributed by atoms with Crippen LogP contribution in [0.1, 0.15) is 65.3 Å². The normalized spacial score (nSPS) is 11.8. The maximum absolute atomic E-state index is 12.2. The molecule has 1 heterocycles. The molecule has 0 aliphatic carbocycles. The van der Waals surface area contributed by atoms with Crippen molar-refractivity contribution in [2.45, 2.75) is 72.3 Å². The number of nitrogens with one attached hydrogen (secondary N) is 1.